The molecule has 1 rings (SSSR count). The van der Waals surface area contributed by atoms with Crippen molar-refractivity contribution in [1.82, 2.24) is 5.32 Å². The van der Waals surface area contributed by atoms with Crippen LogP contribution in [0.5, 0.6) is 0 Å². The zero-order valence-electron chi connectivity index (χ0n) is 20.5. The van der Waals surface area contributed by atoms with Crippen molar-refractivity contribution in [3.63, 3.8) is 0 Å². The van der Waals surface area contributed by atoms with Crippen molar-refractivity contribution in [3.8, 4) is 0 Å². The Morgan fingerprint density at radius 3 is 1.72 bits per heavy atom. The Balaban J connectivity index is 2.06. The number of carbonyl (C=O) groups excluding carboxylic acids is 2. The van der Waals surface area contributed by atoms with Crippen LogP contribution in [0.1, 0.15) is 129 Å². The number of carboxylic acid groups (broad SMARTS) is 1. The van der Waals surface area contributed by atoms with Crippen LogP contribution in [0, 0.1) is 5.92 Å². The van der Waals surface area contributed by atoms with Gasteiger partial charge in [0.25, 0.3) is 0 Å². The van der Waals surface area contributed by atoms with E-state index in [1.165, 1.54) is 83.5 Å². The number of hydrogen-bond donors (Lipinski definition) is 2. The molecule has 0 aromatic rings. The molecular weight excluding hydrogens is 406 g/mol. The van der Waals surface area contributed by atoms with Gasteiger partial charge in [0.15, 0.2) is 0 Å². The third-order valence-electron chi connectivity index (χ3n) is 6.66. The molecule has 1 aliphatic rings. The maximum atomic E-state index is 11.6. The molecule has 0 saturated carbocycles. The van der Waals surface area contributed by atoms with Gasteiger partial charge in [-0.05, 0) is 12.8 Å². The van der Waals surface area contributed by atoms with Crippen molar-refractivity contribution in [2.45, 2.75) is 142 Å². The Bertz CT molecular complexity index is 536. The lowest BCUT2D eigenvalue weighted by atomic mass is 9.88. The van der Waals surface area contributed by atoms with E-state index in [0.29, 0.717) is 12.8 Å². The Morgan fingerprint density at radius 2 is 1.31 bits per heavy atom. The van der Waals surface area contributed by atoms with Gasteiger partial charge in [0.2, 0.25) is 0 Å². The summed E-state index contributed by atoms with van der Waals surface area (Å²) in [5.41, 5.74) is 0. The van der Waals surface area contributed by atoms with E-state index in [-0.39, 0.29) is 24.0 Å². The third-order valence-corrected chi connectivity index (χ3v) is 6.66. The van der Waals surface area contributed by atoms with Gasteiger partial charge in [-0.25, -0.2) is 4.79 Å². The number of unbranched alkanes of at least 4 members (excludes halogenated alkanes) is 14. The number of hydrogen-bond acceptors (Lipinski definition) is 4. The molecule has 186 valence electrons. The van der Waals surface area contributed by atoms with Crippen molar-refractivity contribution in [2.75, 3.05) is 0 Å². The highest BCUT2D eigenvalue weighted by Gasteiger charge is 2.42. The second kappa shape index (κ2) is 17.9. The van der Waals surface area contributed by atoms with Crippen LogP contribution in [-0.2, 0) is 19.1 Å². The number of esters is 1. The van der Waals surface area contributed by atoms with E-state index in [1.54, 1.807) is 0 Å². The molecule has 0 aromatic heterocycles. The summed E-state index contributed by atoms with van der Waals surface area (Å²) in [5, 5.41) is 11.5. The molecule has 1 saturated heterocycles. The number of aliphatic carboxylic acids is 1. The minimum Gasteiger partial charge on any atom is -0.474 e. The summed E-state index contributed by atoms with van der Waals surface area (Å²) in [6.07, 6.45) is 21.2. The molecule has 0 aliphatic carbocycles. The summed E-state index contributed by atoms with van der Waals surface area (Å²) in [6, 6.07) is -0.257. The largest absolute Gasteiger partial charge is 0.474 e. The van der Waals surface area contributed by atoms with E-state index in [2.05, 4.69) is 12.2 Å². The second-order valence-electron chi connectivity index (χ2n) is 9.44. The molecule has 0 unspecified atom stereocenters. The van der Waals surface area contributed by atoms with Crippen molar-refractivity contribution in [2.24, 2.45) is 5.92 Å². The number of carbonyl (C=O) groups is 3. The van der Waals surface area contributed by atoms with E-state index in [1.807, 2.05) is 6.92 Å². The molecule has 0 bridgehead atoms. The molecule has 1 heterocycles. The first-order valence-electron chi connectivity index (χ1n) is 13.2. The van der Waals surface area contributed by atoms with Gasteiger partial charge in [-0.3, -0.25) is 9.59 Å². The average molecular weight is 454 g/mol. The fraction of sp³-hybridized carbons (Fsp3) is 0.885. The summed E-state index contributed by atoms with van der Waals surface area (Å²) in [5.74, 6) is -2.76. The second-order valence-corrected chi connectivity index (χ2v) is 9.44. The Hall–Kier alpha value is -1.59. The normalized spacial score (nSPS) is 18.6. The van der Waals surface area contributed by atoms with Crippen LogP contribution in [0.4, 0.5) is 0 Å². The fourth-order valence-corrected chi connectivity index (χ4v) is 4.58. The summed E-state index contributed by atoms with van der Waals surface area (Å²) < 4.78 is 5.21. The van der Waals surface area contributed by atoms with Gasteiger partial charge in [0.1, 0.15) is 6.10 Å². The SMILES string of the molecule is CCCCCCCCCCCCCCCCC[C@@H](C[C@@H]1OC(=O)[C@H]1CC)NC(=O)C(=O)O. The first kappa shape index (κ1) is 28.4. The Labute approximate surface area is 195 Å². The van der Waals surface area contributed by atoms with E-state index in [4.69, 9.17) is 9.84 Å². The smallest absolute Gasteiger partial charge is 0.394 e. The maximum absolute atomic E-state index is 11.6. The van der Waals surface area contributed by atoms with Gasteiger partial charge in [-0.2, -0.15) is 0 Å². The predicted octanol–water partition coefficient (Wildman–Crippen LogP) is 6.16. The number of nitrogens with one attached hydrogen (secondary N) is 1. The molecule has 0 radical (unpaired) electrons. The first-order valence-corrected chi connectivity index (χ1v) is 13.2. The zero-order chi connectivity index (χ0) is 23.6. The van der Waals surface area contributed by atoms with Crippen molar-refractivity contribution < 1.29 is 24.2 Å². The van der Waals surface area contributed by atoms with Gasteiger partial charge in [-0.1, -0.05) is 110 Å². The van der Waals surface area contributed by atoms with Crippen LogP contribution in [0.2, 0.25) is 0 Å². The highest BCUT2D eigenvalue weighted by atomic mass is 16.6. The number of carboxylic acids is 1. The highest BCUT2D eigenvalue weighted by molar-refractivity contribution is 6.31. The molecule has 6 nitrogen and oxygen atoms in total. The highest BCUT2D eigenvalue weighted by Crippen LogP contribution is 2.29. The minimum atomic E-state index is -1.47. The number of ether oxygens (including phenoxy) is 1. The summed E-state index contributed by atoms with van der Waals surface area (Å²) in [7, 11) is 0. The lowest BCUT2D eigenvalue weighted by Crippen LogP contribution is -2.50. The van der Waals surface area contributed by atoms with Crippen LogP contribution in [0.15, 0.2) is 0 Å². The van der Waals surface area contributed by atoms with Crippen LogP contribution >= 0.6 is 0 Å². The maximum Gasteiger partial charge on any atom is 0.394 e. The van der Waals surface area contributed by atoms with Crippen LogP contribution < -0.4 is 5.32 Å². The zero-order valence-corrected chi connectivity index (χ0v) is 20.5. The lowest BCUT2D eigenvalue weighted by molar-refractivity contribution is -0.186. The van der Waals surface area contributed by atoms with Gasteiger partial charge >= 0.3 is 17.8 Å². The lowest BCUT2D eigenvalue weighted by Gasteiger charge is -2.36. The van der Waals surface area contributed by atoms with Crippen LogP contribution in [0.3, 0.4) is 0 Å². The first-order chi connectivity index (χ1) is 15.5. The average Bonchev–Trinajstić information content (AvgIpc) is 2.75. The standard InChI is InChI=1S/C26H47NO5/c1-3-5-6-7-8-9-10-11-12-13-14-15-16-17-18-19-21(27-24(28)25(29)30)20-23-22(4-2)26(31)32-23/h21-23H,3-20H2,1-2H3,(H,27,28)(H,29,30)/t21-,22-,23-/m0/s1. The molecular formula is C26H47NO5. The molecule has 1 amide bonds. The summed E-state index contributed by atoms with van der Waals surface area (Å²) in [4.78, 5) is 34.0. The molecule has 2 N–H and O–H groups in total. The summed E-state index contributed by atoms with van der Waals surface area (Å²) in [6.45, 7) is 4.20. The van der Waals surface area contributed by atoms with E-state index >= 15 is 0 Å². The minimum absolute atomic E-state index is 0.125. The molecule has 1 fully saturated rings. The van der Waals surface area contributed by atoms with Crippen LogP contribution in [0.25, 0.3) is 0 Å². The van der Waals surface area contributed by atoms with Gasteiger partial charge in [-0.15, -0.1) is 0 Å². The fourth-order valence-electron chi connectivity index (χ4n) is 4.58. The Kier molecular flexibility index (Phi) is 15.9. The monoisotopic (exact) mass is 453 g/mol. The Morgan fingerprint density at radius 1 is 0.844 bits per heavy atom. The number of cyclic esters (lactones) is 1. The molecule has 6 heteroatoms. The number of rotatable bonds is 20. The molecule has 3 atom stereocenters. The molecule has 0 spiro atoms. The van der Waals surface area contributed by atoms with Crippen molar-refractivity contribution >= 4 is 17.8 Å². The molecule has 32 heavy (non-hydrogen) atoms. The predicted molar refractivity (Wildman–Crippen MR) is 127 cm³/mol. The van der Waals surface area contributed by atoms with Gasteiger partial charge in [0.05, 0.1) is 5.92 Å². The molecule has 0 aromatic carbocycles. The topological polar surface area (TPSA) is 92.7 Å². The number of amides is 1. The van der Waals surface area contributed by atoms with E-state index in [9.17, 15) is 14.4 Å². The van der Waals surface area contributed by atoms with Crippen LogP contribution in [-0.4, -0.2) is 35.1 Å². The van der Waals surface area contributed by atoms with E-state index < -0.39 is 11.9 Å². The van der Waals surface area contributed by atoms with E-state index in [0.717, 1.165) is 19.3 Å². The summed E-state index contributed by atoms with van der Waals surface area (Å²) >= 11 is 0. The van der Waals surface area contributed by atoms with Crippen molar-refractivity contribution in [1.29, 1.82) is 0 Å². The van der Waals surface area contributed by atoms with Crippen molar-refractivity contribution in [3.05, 3.63) is 0 Å². The quantitative estimate of drug-likeness (QED) is 0.131. The molecule has 1 aliphatic heterocycles. The third kappa shape index (κ3) is 12.4. The van der Waals surface area contributed by atoms with Gasteiger partial charge < -0.3 is 15.2 Å². The van der Waals surface area contributed by atoms with Gasteiger partial charge in [0, 0.05) is 12.5 Å².